The van der Waals surface area contributed by atoms with Gasteiger partial charge in [0.25, 0.3) is 5.91 Å². The van der Waals surface area contributed by atoms with Crippen LogP contribution in [-0.4, -0.2) is 32.2 Å². The van der Waals surface area contributed by atoms with Crippen molar-refractivity contribution in [1.82, 2.24) is 5.32 Å². The zero-order valence-corrected chi connectivity index (χ0v) is 12.8. The summed E-state index contributed by atoms with van der Waals surface area (Å²) in [6.07, 6.45) is 0. The molecule has 2 N–H and O–H groups in total. The largest absolute Gasteiger partial charge is 0.383 e. The number of benzene rings is 1. The van der Waals surface area contributed by atoms with Crippen molar-refractivity contribution in [1.29, 1.82) is 0 Å². The van der Waals surface area contributed by atoms with Crippen LogP contribution in [0, 0.1) is 17.6 Å². The molecule has 21 heavy (non-hydrogen) atoms. The monoisotopic (exact) mass is 300 g/mol. The van der Waals surface area contributed by atoms with Gasteiger partial charge in [-0.25, -0.2) is 8.78 Å². The number of amides is 1. The van der Waals surface area contributed by atoms with Gasteiger partial charge in [-0.1, -0.05) is 13.8 Å². The van der Waals surface area contributed by atoms with Crippen molar-refractivity contribution in [2.75, 3.05) is 25.6 Å². The standard InChI is InChI=1S/C15H22F2N2O2/c1-5-21-8-13(9(2)3)19-15(20)10-6-11(16)14(18-4)12(17)7-10/h6-7,9,13,18H,5,8H2,1-4H3,(H,19,20). The summed E-state index contributed by atoms with van der Waals surface area (Å²) in [6.45, 7) is 6.64. The van der Waals surface area contributed by atoms with Gasteiger partial charge in [-0.05, 0) is 25.0 Å². The number of hydrogen-bond acceptors (Lipinski definition) is 3. The maximum atomic E-state index is 13.7. The van der Waals surface area contributed by atoms with Gasteiger partial charge in [-0.15, -0.1) is 0 Å². The topological polar surface area (TPSA) is 50.4 Å². The molecule has 4 nitrogen and oxygen atoms in total. The lowest BCUT2D eigenvalue weighted by Crippen LogP contribution is -2.42. The highest BCUT2D eigenvalue weighted by Gasteiger charge is 2.19. The summed E-state index contributed by atoms with van der Waals surface area (Å²) in [6, 6.07) is 1.82. The summed E-state index contributed by atoms with van der Waals surface area (Å²) in [5.41, 5.74) is -0.299. The Morgan fingerprint density at radius 2 is 1.86 bits per heavy atom. The van der Waals surface area contributed by atoms with Gasteiger partial charge in [0.15, 0.2) is 0 Å². The van der Waals surface area contributed by atoms with E-state index in [4.69, 9.17) is 4.74 Å². The quantitative estimate of drug-likeness (QED) is 0.814. The molecule has 0 radical (unpaired) electrons. The summed E-state index contributed by atoms with van der Waals surface area (Å²) in [5, 5.41) is 5.16. The molecule has 0 aromatic heterocycles. The first kappa shape index (κ1) is 17.4. The summed E-state index contributed by atoms with van der Waals surface area (Å²) in [7, 11) is 1.41. The predicted molar refractivity (Wildman–Crippen MR) is 78.5 cm³/mol. The number of nitrogens with one attached hydrogen (secondary N) is 2. The molecule has 0 saturated carbocycles. The predicted octanol–water partition coefficient (Wildman–Crippen LogP) is 2.80. The highest BCUT2D eigenvalue weighted by atomic mass is 19.1. The maximum absolute atomic E-state index is 13.7. The van der Waals surface area contributed by atoms with Crippen LogP contribution in [0.5, 0.6) is 0 Å². The Hall–Kier alpha value is -1.69. The van der Waals surface area contributed by atoms with Crippen molar-refractivity contribution >= 4 is 11.6 Å². The number of ether oxygens (including phenoxy) is 1. The molecule has 0 aliphatic carbocycles. The van der Waals surface area contributed by atoms with Crippen molar-refractivity contribution in [2.45, 2.75) is 26.8 Å². The third-order valence-electron chi connectivity index (χ3n) is 3.18. The maximum Gasteiger partial charge on any atom is 0.251 e. The average Bonchev–Trinajstić information content (AvgIpc) is 2.42. The van der Waals surface area contributed by atoms with Gasteiger partial charge in [0.2, 0.25) is 0 Å². The minimum absolute atomic E-state index is 0.0499. The number of halogens is 2. The number of carbonyl (C=O) groups is 1. The van der Waals surface area contributed by atoms with E-state index in [1.165, 1.54) is 7.05 Å². The molecule has 0 aliphatic rings. The van der Waals surface area contributed by atoms with Gasteiger partial charge in [0.1, 0.15) is 17.3 Å². The van der Waals surface area contributed by atoms with Crippen molar-refractivity contribution in [2.24, 2.45) is 5.92 Å². The Labute approximate surface area is 123 Å². The molecule has 0 bridgehead atoms. The highest BCUT2D eigenvalue weighted by molar-refractivity contribution is 5.94. The van der Waals surface area contributed by atoms with E-state index in [2.05, 4.69) is 10.6 Å². The summed E-state index contributed by atoms with van der Waals surface area (Å²) in [5.74, 6) is -1.97. The molecule has 118 valence electrons. The molecular formula is C15H22F2N2O2. The zero-order valence-electron chi connectivity index (χ0n) is 12.8. The molecule has 1 rings (SSSR count). The first-order valence-electron chi connectivity index (χ1n) is 6.96. The Kier molecular flexibility index (Phi) is 6.55. The van der Waals surface area contributed by atoms with Gasteiger partial charge >= 0.3 is 0 Å². The van der Waals surface area contributed by atoms with Crippen LogP contribution in [-0.2, 0) is 4.74 Å². The van der Waals surface area contributed by atoms with Crippen molar-refractivity contribution in [3.05, 3.63) is 29.3 Å². The Morgan fingerprint density at radius 1 is 1.29 bits per heavy atom. The molecule has 0 heterocycles. The van der Waals surface area contributed by atoms with E-state index >= 15 is 0 Å². The van der Waals surface area contributed by atoms with Gasteiger partial charge in [0.05, 0.1) is 12.6 Å². The fourth-order valence-corrected chi connectivity index (χ4v) is 1.84. The van der Waals surface area contributed by atoms with Crippen LogP contribution >= 0.6 is 0 Å². The number of carbonyl (C=O) groups excluding carboxylic acids is 1. The van der Waals surface area contributed by atoms with E-state index < -0.39 is 17.5 Å². The molecular weight excluding hydrogens is 278 g/mol. The second-order valence-corrected chi connectivity index (χ2v) is 5.05. The van der Waals surface area contributed by atoms with E-state index in [1.807, 2.05) is 20.8 Å². The van der Waals surface area contributed by atoms with Crippen LogP contribution in [0.4, 0.5) is 14.5 Å². The fourth-order valence-electron chi connectivity index (χ4n) is 1.84. The molecule has 0 aliphatic heterocycles. The van der Waals surface area contributed by atoms with Crippen LogP contribution in [0.15, 0.2) is 12.1 Å². The van der Waals surface area contributed by atoms with E-state index in [1.54, 1.807) is 0 Å². The van der Waals surface area contributed by atoms with E-state index in [9.17, 15) is 13.6 Å². The van der Waals surface area contributed by atoms with Gasteiger partial charge < -0.3 is 15.4 Å². The molecule has 0 fully saturated rings. The van der Waals surface area contributed by atoms with Crippen molar-refractivity contribution in [3.63, 3.8) is 0 Å². The minimum atomic E-state index is -0.798. The molecule has 6 heteroatoms. The third kappa shape index (κ3) is 4.67. The molecule has 1 aromatic carbocycles. The SMILES string of the molecule is CCOCC(NC(=O)c1cc(F)c(NC)c(F)c1)C(C)C. The number of rotatable bonds is 7. The van der Waals surface area contributed by atoms with Crippen LogP contribution < -0.4 is 10.6 Å². The first-order valence-corrected chi connectivity index (χ1v) is 6.96. The Bertz CT molecular complexity index is 470. The highest BCUT2D eigenvalue weighted by Crippen LogP contribution is 2.20. The second-order valence-electron chi connectivity index (χ2n) is 5.05. The third-order valence-corrected chi connectivity index (χ3v) is 3.18. The molecule has 0 saturated heterocycles. The lowest BCUT2D eigenvalue weighted by Gasteiger charge is -2.22. The molecule has 1 atom stereocenters. The minimum Gasteiger partial charge on any atom is -0.383 e. The Morgan fingerprint density at radius 3 is 2.29 bits per heavy atom. The lowest BCUT2D eigenvalue weighted by molar-refractivity contribution is 0.0805. The second kappa shape index (κ2) is 7.93. The molecule has 1 unspecified atom stereocenters. The number of anilines is 1. The molecule has 0 spiro atoms. The van der Waals surface area contributed by atoms with Crippen LogP contribution in [0.25, 0.3) is 0 Å². The summed E-state index contributed by atoms with van der Waals surface area (Å²) < 4.78 is 32.6. The Balaban J connectivity index is 2.87. The van der Waals surface area contributed by atoms with Crippen molar-refractivity contribution in [3.8, 4) is 0 Å². The van der Waals surface area contributed by atoms with E-state index in [0.29, 0.717) is 13.2 Å². The van der Waals surface area contributed by atoms with Crippen LogP contribution in [0.1, 0.15) is 31.1 Å². The summed E-state index contributed by atoms with van der Waals surface area (Å²) in [4.78, 5) is 12.1. The zero-order chi connectivity index (χ0) is 16.0. The van der Waals surface area contributed by atoms with Gasteiger partial charge in [-0.2, -0.15) is 0 Å². The normalized spacial score (nSPS) is 12.3. The molecule has 1 amide bonds. The first-order chi connectivity index (χ1) is 9.90. The van der Waals surface area contributed by atoms with Gasteiger partial charge in [-0.3, -0.25) is 4.79 Å². The smallest absolute Gasteiger partial charge is 0.251 e. The average molecular weight is 300 g/mol. The van der Waals surface area contributed by atoms with E-state index in [0.717, 1.165) is 12.1 Å². The van der Waals surface area contributed by atoms with Gasteiger partial charge in [0, 0.05) is 19.2 Å². The lowest BCUT2D eigenvalue weighted by atomic mass is 10.0. The van der Waals surface area contributed by atoms with Crippen LogP contribution in [0.2, 0.25) is 0 Å². The molecule has 1 aromatic rings. The van der Waals surface area contributed by atoms with Crippen LogP contribution in [0.3, 0.4) is 0 Å². The fraction of sp³-hybridized carbons (Fsp3) is 0.533. The van der Waals surface area contributed by atoms with E-state index in [-0.39, 0.29) is 23.2 Å². The summed E-state index contributed by atoms with van der Waals surface area (Å²) >= 11 is 0. The van der Waals surface area contributed by atoms with Crippen molar-refractivity contribution < 1.29 is 18.3 Å². The number of hydrogen-bond donors (Lipinski definition) is 2.